The van der Waals surface area contributed by atoms with Crippen molar-refractivity contribution in [1.82, 2.24) is 4.31 Å². The molecule has 1 saturated heterocycles. The molecule has 0 bridgehead atoms. The summed E-state index contributed by atoms with van der Waals surface area (Å²) < 4.78 is 27.1. The Morgan fingerprint density at radius 1 is 1.08 bits per heavy atom. The van der Waals surface area contributed by atoms with E-state index in [2.05, 4.69) is 5.32 Å². The number of aryl methyl sites for hydroxylation is 1. The predicted octanol–water partition coefficient (Wildman–Crippen LogP) is 4.08. The molecule has 0 atom stereocenters. The van der Waals surface area contributed by atoms with Crippen LogP contribution in [0, 0.1) is 6.92 Å². The second-order valence-corrected chi connectivity index (χ2v) is 8.78. The molecule has 5 nitrogen and oxygen atoms in total. The smallest absolute Gasteiger partial charge is 0.257 e. The van der Waals surface area contributed by atoms with Crippen LogP contribution in [-0.4, -0.2) is 31.7 Å². The van der Waals surface area contributed by atoms with E-state index in [1.54, 1.807) is 6.07 Å². The van der Waals surface area contributed by atoms with Crippen molar-refractivity contribution in [3.63, 3.8) is 0 Å². The van der Waals surface area contributed by atoms with Crippen molar-refractivity contribution in [2.24, 2.45) is 0 Å². The zero-order valence-electron chi connectivity index (χ0n) is 14.5. The van der Waals surface area contributed by atoms with Gasteiger partial charge in [-0.05, 0) is 55.7 Å². The van der Waals surface area contributed by atoms with Crippen LogP contribution < -0.4 is 5.32 Å². The van der Waals surface area contributed by atoms with Gasteiger partial charge >= 0.3 is 0 Å². The average Bonchev–Trinajstić information content (AvgIpc) is 2.62. The number of amides is 1. The Balaban J connectivity index is 1.88. The van der Waals surface area contributed by atoms with Crippen molar-refractivity contribution in [3.8, 4) is 0 Å². The predicted molar refractivity (Wildman–Crippen MR) is 103 cm³/mol. The van der Waals surface area contributed by atoms with E-state index in [-0.39, 0.29) is 15.5 Å². The number of carbonyl (C=O) groups is 1. The lowest BCUT2D eigenvalue weighted by Gasteiger charge is -2.26. The van der Waals surface area contributed by atoms with Crippen LogP contribution in [0.4, 0.5) is 5.69 Å². The Bertz CT molecular complexity index is 922. The molecule has 1 N–H and O–H groups in total. The molecule has 1 amide bonds. The number of piperidine rings is 1. The van der Waals surface area contributed by atoms with E-state index < -0.39 is 15.9 Å². The first-order valence-corrected chi connectivity index (χ1v) is 10.4. The number of rotatable bonds is 4. The topological polar surface area (TPSA) is 66.5 Å². The second-order valence-electron chi connectivity index (χ2n) is 6.43. The zero-order chi connectivity index (χ0) is 18.7. The summed E-state index contributed by atoms with van der Waals surface area (Å²) in [6.45, 7) is 2.94. The third-order valence-electron chi connectivity index (χ3n) is 4.41. The lowest BCUT2D eigenvalue weighted by atomic mass is 10.2. The fraction of sp³-hybridized carbons (Fsp3) is 0.316. The van der Waals surface area contributed by atoms with Gasteiger partial charge in [0, 0.05) is 18.8 Å². The van der Waals surface area contributed by atoms with Gasteiger partial charge in [-0.25, -0.2) is 8.42 Å². The lowest BCUT2D eigenvalue weighted by molar-refractivity contribution is 0.102. The molecule has 1 fully saturated rings. The highest BCUT2D eigenvalue weighted by Crippen LogP contribution is 2.26. The number of sulfonamides is 1. The van der Waals surface area contributed by atoms with E-state index >= 15 is 0 Å². The van der Waals surface area contributed by atoms with Crippen molar-refractivity contribution in [2.45, 2.75) is 31.1 Å². The molecule has 0 radical (unpaired) electrons. The molecule has 7 heteroatoms. The molecular formula is C19H21ClN2O3S. The highest BCUT2D eigenvalue weighted by Gasteiger charge is 2.27. The van der Waals surface area contributed by atoms with Crippen molar-refractivity contribution in [3.05, 3.63) is 58.6 Å². The fourth-order valence-corrected chi connectivity index (χ4v) is 4.76. The summed E-state index contributed by atoms with van der Waals surface area (Å²) in [6, 6.07) is 11.6. The van der Waals surface area contributed by atoms with Gasteiger partial charge in [0.25, 0.3) is 5.91 Å². The van der Waals surface area contributed by atoms with Gasteiger partial charge in [0.15, 0.2) is 0 Å². The van der Waals surface area contributed by atoms with E-state index in [0.29, 0.717) is 18.8 Å². The molecule has 0 saturated carbocycles. The van der Waals surface area contributed by atoms with Gasteiger partial charge in [0.2, 0.25) is 10.0 Å². The molecule has 2 aromatic carbocycles. The van der Waals surface area contributed by atoms with E-state index in [9.17, 15) is 13.2 Å². The highest BCUT2D eigenvalue weighted by molar-refractivity contribution is 7.89. The standard InChI is InChI=1S/C19H21ClN2O3S/c1-14-6-5-7-15(12-14)21-19(23)17-13-16(8-9-18(17)20)26(24,25)22-10-3-2-4-11-22/h5-9,12-13H,2-4,10-11H2,1H3,(H,21,23). The van der Waals surface area contributed by atoms with Crippen LogP contribution in [0.5, 0.6) is 0 Å². The highest BCUT2D eigenvalue weighted by atomic mass is 35.5. The summed E-state index contributed by atoms with van der Waals surface area (Å²) in [5, 5.41) is 2.98. The van der Waals surface area contributed by atoms with E-state index in [1.807, 2.05) is 25.1 Å². The Hall–Kier alpha value is -1.89. The molecular weight excluding hydrogens is 372 g/mol. The summed E-state index contributed by atoms with van der Waals surface area (Å²) in [4.78, 5) is 12.7. The SMILES string of the molecule is Cc1cccc(NC(=O)c2cc(S(=O)(=O)N3CCCCC3)ccc2Cl)c1. The van der Waals surface area contributed by atoms with Gasteiger partial charge in [-0.2, -0.15) is 4.31 Å². The molecule has 26 heavy (non-hydrogen) atoms. The molecule has 1 heterocycles. The van der Waals surface area contributed by atoms with Crippen molar-refractivity contribution in [1.29, 1.82) is 0 Å². The van der Waals surface area contributed by atoms with E-state index in [4.69, 9.17) is 11.6 Å². The van der Waals surface area contributed by atoms with Crippen molar-refractivity contribution >= 4 is 33.2 Å². The van der Waals surface area contributed by atoms with Crippen LogP contribution in [0.25, 0.3) is 0 Å². The minimum absolute atomic E-state index is 0.0955. The number of nitrogens with one attached hydrogen (secondary N) is 1. The van der Waals surface area contributed by atoms with Gasteiger partial charge < -0.3 is 5.32 Å². The maximum Gasteiger partial charge on any atom is 0.257 e. The summed E-state index contributed by atoms with van der Waals surface area (Å²) in [7, 11) is -3.62. The van der Waals surface area contributed by atoms with Gasteiger partial charge in [-0.1, -0.05) is 30.2 Å². The first kappa shape index (κ1) is 18.9. The number of anilines is 1. The molecule has 2 aromatic rings. The molecule has 0 spiro atoms. The fourth-order valence-electron chi connectivity index (χ4n) is 3.01. The number of hydrogen-bond acceptors (Lipinski definition) is 3. The van der Waals surface area contributed by atoms with Crippen LogP contribution in [0.3, 0.4) is 0 Å². The number of hydrogen-bond donors (Lipinski definition) is 1. The Kier molecular flexibility index (Phi) is 5.65. The molecule has 1 aliphatic heterocycles. The van der Waals surface area contributed by atoms with Crippen LogP contribution >= 0.6 is 11.6 Å². The van der Waals surface area contributed by atoms with Crippen molar-refractivity contribution < 1.29 is 13.2 Å². The van der Waals surface area contributed by atoms with E-state index in [0.717, 1.165) is 24.8 Å². The third kappa shape index (κ3) is 4.09. The van der Waals surface area contributed by atoms with Crippen LogP contribution in [0.2, 0.25) is 5.02 Å². The lowest BCUT2D eigenvalue weighted by Crippen LogP contribution is -2.35. The molecule has 1 aliphatic rings. The van der Waals surface area contributed by atoms with E-state index in [1.165, 1.54) is 22.5 Å². The average molecular weight is 393 g/mol. The van der Waals surface area contributed by atoms with Crippen LogP contribution in [-0.2, 0) is 10.0 Å². The normalized spacial score (nSPS) is 15.6. The number of halogens is 1. The summed E-state index contributed by atoms with van der Waals surface area (Å²) in [5.41, 5.74) is 1.79. The second kappa shape index (κ2) is 7.78. The third-order valence-corrected chi connectivity index (χ3v) is 6.64. The molecule has 0 aromatic heterocycles. The van der Waals surface area contributed by atoms with Gasteiger partial charge in [-0.15, -0.1) is 0 Å². The largest absolute Gasteiger partial charge is 0.322 e. The summed E-state index contributed by atoms with van der Waals surface area (Å²) >= 11 is 6.16. The molecule has 138 valence electrons. The zero-order valence-corrected chi connectivity index (χ0v) is 16.1. The summed E-state index contributed by atoms with van der Waals surface area (Å²) in [6.07, 6.45) is 2.75. The van der Waals surface area contributed by atoms with Gasteiger partial charge in [0.1, 0.15) is 0 Å². The molecule has 0 unspecified atom stereocenters. The monoisotopic (exact) mass is 392 g/mol. The maximum absolute atomic E-state index is 12.8. The Morgan fingerprint density at radius 2 is 1.81 bits per heavy atom. The number of nitrogens with zero attached hydrogens (tertiary/aromatic N) is 1. The molecule has 3 rings (SSSR count). The first-order chi connectivity index (χ1) is 12.4. The quantitative estimate of drug-likeness (QED) is 0.852. The van der Waals surface area contributed by atoms with Crippen LogP contribution in [0.1, 0.15) is 35.2 Å². The Morgan fingerprint density at radius 3 is 2.50 bits per heavy atom. The van der Waals surface area contributed by atoms with Crippen LogP contribution in [0.15, 0.2) is 47.4 Å². The first-order valence-electron chi connectivity index (χ1n) is 8.55. The Labute approximate surface area is 159 Å². The minimum atomic E-state index is -3.62. The molecule has 0 aliphatic carbocycles. The number of benzene rings is 2. The number of carbonyl (C=O) groups excluding carboxylic acids is 1. The van der Waals surface area contributed by atoms with Crippen molar-refractivity contribution in [2.75, 3.05) is 18.4 Å². The maximum atomic E-state index is 12.8. The van der Waals surface area contributed by atoms with Gasteiger partial charge in [-0.3, -0.25) is 4.79 Å². The summed E-state index contributed by atoms with van der Waals surface area (Å²) in [5.74, 6) is -0.434. The minimum Gasteiger partial charge on any atom is -0.322 e. The van der Waals surface area contributed by atoms with Gasteiger partial charge in [0.05, 0.1) is 15.5 Å².